The fourth-order valence-electron chi connectivity index (χ4n) is 4.90. The van der Waals surface area contributed by atoms with E-state index in [0.29, 0.717) is 28.7 Å². The Balaban J connectivity index is 1.43. The van der Waals surface area contributed by atoms with Crippen molar-refractivity contribution in [3.8, 4) is 11.4 Å². The molecular weight excluding hydrogens is 526 g/mol. The van der Waals surface area contributed by atoms with Crippen LogP contribution in [0, 0.1) is 0 Å². The normalized spacial score (nSPS) is 16.4. The van der Waals surface area contributed by atoms with Gasteiger partial charge in [0.2, 0.25) is 5.91 Å². The van der Waals surface area contributed by atoms with Gasteiger partial charge in [0.25, 0.3) is 0 Å². The van der Waals surface area contributed by atoms with E-state index in [2.05, 4.69) is 20.2 Å². The van der Waals surface area contributed by atoms with Gasteiger partial charge in [-0.05, 0) is 72.9 Å². The number of methoxy groups -OCH3 is 2. The first-order chi connectivity index (χ1) is 19.5. The standard InChI is InChI=1S/C30H29N5O4S/c1-38-25-11-4-3-8-22(25)32-26(36)16-19-35-28(27(33-30(35)40)23-9-5-6-17-31-23)24-10-7-18-34(24)21-14-12-20(13-15-21)29(37)39-2/h3-15,17-18,27-28H,16,19H2,1-2H3,(H,32,36)(H,33,40)/t27-,28+/m0/s1. The molecule has 2 aromatic carbocycles. The zero-order chi connectivity index (χ0) is 28.1. The van der Waals surface area contributed by atoms with Crippen molar-refractivity contribution >= 4 is 34.9 Å². The van der Waals surface area contributed by atoms with Crippen molar-refractivity contribution in [1.82, 2.24) is 19.8 Å². The van der Waals surface area contributed by atoms with Crippen LogP contribution in [0.25, 0.3) is 5.69 Å². The van der Waals surface area contributed by atoms with E-state index >= 15 is 0 Å². The lowest BCUT2D eigenvalue weighted by Gasteiger charge is -2.29. The highest BCUT2D eigenvalue weighted by atomic mass is 32.1. The quantitative estimate of drug-likeness (QED) is 0.227. The van der Waals surface area contributed by atoms with Gasteiger partial charge in [-0.15, -0.1) is 0 Å². The van der Waals surface area contributed by atoms with Crippen molar-refractivity contribution in [2.45, 2.75) is 18.5 Å². The van der Waals surface area contributed by atoms with Crippen LogP contribution in [-0.2, 0) is 9.53 Å². The summed E-state index contributed by atoms with van der Waals surface area (Å²) in [5.41, 5.74) is 3.75. The number of carbonyl (C=O) groups excluding carboxylic acids is 2. The average Bonchev–Trinajstić information content (AvgIpc) is 3.60. The van der Waals surface area contributed by atoms with Crippen LogP contribution in [0.1, 0.15) is 40.3 Å². The monoisotopic (exact) mass is 555 g/mol. The first-order valence-electron chi connectivity index (χ1n) is 12.8. The minimum absolute atomic E-state index is 0.152. The van der Waals surface area contributed by atoms with E-state index in [9.17, 15) is 9.59 Å². The SMILES string of the molecule is COC(=O)c1ccc(-n2cccc2[C@@H]2[C@H](c3ccccn3)NC(=S)N2CCC(=O)Nc2ccccc2OC)cc1. The molecule has 0 spiro atoms. The summed E-state index contributed by atoms with van der Waals surface area (Å²) in [4.78, 5) is 31.5. The van der Waals surface area contributed by atoms with Gasteiger partial charge in [0.05, 0.1) is 43.2 Å². The number of nitrogens with one attached hydrogen (secondary N) is 2. The zero-order valence-electron chi connectivity index (χ0n) is 22.1. The molecule has 4 aromatic rings. The average molecular weight is 556 g/mol. The molecule has 1 aliphatic heterocycles. The van der Waals surface area contributed by atoms with E-state index in [1.165, 1.54) is 7.11 Å². The van der Waals surface area contributed by atoms with Crippen molar-refractivity contribution in [2.75, 3.05) is 26.1 Å². The predicted molar refractivity (Wildman–Crippen MR) is 156 cm³/mol. The van der Waals surface area contributed by atoms with E-state index in [1.54, 1.807) is 37.6 Å². The Hall–Kier alpha value is -4.70. The van der Waals surface area contributed by atoms with Gasteiger partial charge in [-0.25, -0.2) is 4.79 Å². The summed E-state index contributed by atoms with van der Waals surface area (Å²) < 4.78 is 12.3. The van der Waals surface area contributed by atoms with Gasteiger partial charge in [0.15, 0.2) is 5.11 Å². The Kier molecular flexibility index (Phi) is 8.07. The van der Waals surface area contributed by atoms with Crippen molar-refractivity contribution in [2.24, 2.45) is 0 Å². The fraction of sp³-hybridized carbons (Fsp3) is 0.200. The number of hydrogen-bond acceptors (Lipinski definition) is 6. The van der Waals surface area contributed by atoms with E-state index in [1.807, 2.05) is 65.7 Å². The molecule has 1 amide bonds. The van der Waals surface area contributed by atoms with Crippen LogP contribution in [-0.4, -0.2) is 52.2 Å². The van der Waals surface area contributed by atoms with Crippen LogP contribution in [0.4, 0.5) is 5.69 Å². The molecule has 10 heteroatoms. The van der Waals surface area contributed by atoms with Crippen molar-refractivity contribution in [3.05, 3.63) is 108 Å². The Morgan fingerprint density at radius 1 is 1.00 bits per heavy atom. The highest BCUT2D eigenvalue weighted by Crippen LogP contribution is 2.39. The van der Waals surface area contributed by atoms with Gasteiger partial charge >= 0.3 is 5.97 Å². The molecule has 0 saturated carbocycles. The van der Waals surface area contributed by atoms with Crippen molar-refractivity contribution in [1.29, 1.82) is 0 Å². The molecule has 1 fully saturated rings. The number of esters is 1. The number of ether oxygens (including phenoxy) is 2. The molecule has 40 heavy (non-hydrogen) atoms. The number of nitrogens with zero attached hydrogens (tertiary/aromatic N) is 3. The summed E-state index contributed by atoms with van der Waals surface area (Å²) >= 11 is 5.78. The molecule has 0 radical (unpaired) electrons. The maximum atomic E-state index is 13.0. The van der Waals surface area contributed by atoms with Crippen molar-refractivity contribution < 1.29 is 19.1 Å². The second-order valence-corrected chi connectivity index (χ2v) is 9.55. The Labute approximate surface area is 237 Å². The molecule has 9 nitrogen and oxygen atoms in total. The largest absolute Gasteiger partial charge is 0.495 e. The summed E-state index contributed by atoms with van der Waals surface area (Å²) in [6, 6.07) is 23.8. The van der Waals surface area contributed by atoms with Gasteiger partial charge < -0.3 is 29.6 Å². The molecule has 2 N–H and O–H groups in total. The minimum atomic E-state index is -0.391. The molecule has 1 saturated heterocycles. The fourth-order valence-corrected chi connectivity index (χ4v) is 5.23. The summed E-state index contributed by atoms with van der Waals surface area (Å²) in [6.45, 7) is 0.382. The van der Waals surface area contributed by atoms with Crippen LogP contribution < -0.4 is 15.4 Å². The van der Waals surface area contributed by atoms with Crippen LogP contribution >= 0.6 is 12.2 Å². The molecule has 5 rings (SSSR count). The van der Waals surface area contributed by atoms with Crippen LogP contribution in [0.15, 0.2) is 91.3 Å². The number of amides is 1. The van der Waals surface area contributed by atoms with Gasteiger partial charge in [-0.2, -0.15) is 0 Å². The third kappa shape index (κ3) is 5.52. The highest BCUT2D eigenvalue weighted by Gasteiger charge is 2.41. The number of aromatic nitrogens is 2. The van der Waals surface area contributed by atoms with E-state index < -0.39 is 5.97 Å². The van der Waals surface area contributed by atoms with E-state index in [0.717, 1.165) is 17.1 Å². The smallest absolute Gasteiger partial charge is 0.337 e. The van der Waals surface area contributed by atoms with Gasteiger partial charge in [0, 0.05) is 36.7 Å². The van der Waals surface area contributed by atoms with E-state index in [-0.39, 0.29) is 24.4 Å². The molecular formula is C30H29N5O4S. The Bertz CT molecular complexity index is 1510. The number of benzene rings is 2. The number of pyridine rings is 1. The molecule has 0 aliphatic carbocycles. The number of carbonyl (C=O) groups is 2. The third-order valence-corrected chi connectivity index (χ3v) is 7.16. The lowest BCUT2D eigenvalue weighted by Crippen LogP contribution is -2.33. The van der Waals surface area contributed by atoms with E-state index in [4.69, 9.17) is 21.7 Å². The summed E-state index contributed by atoms with van der Waals surface area (Å²) in [6.07, 6.45) is 3.93. The number of para-hydroxylation sites is 2. The predicted octanol–water partition coefficient (Wildman–Crippen LogP) is 4.67. The summed E-state index contributed by atoms with van der Waals surface area (Å²) in [7, 11) is 2.93. The Morgan fingerprint density at radius 2 is 1.77 bits per heavy atom. The highest BCUT2D eigenvalue weighted by molar-refractivity contribution is 7.80. The van der Waals surface area contributed by atoms with Gasteiger partial charge in [-0.3, -0.25) is 9.78 Å². The molecule has 2 atom stereocenters. The van der Waals surface area contributed by atoms with Gasteiger partial charge in [-0.1, -0.05) is 18.2 Å². The number of anilines is 1. The lowest BCUT2D eigenvalue weighted by atomic mass is 10.0. The lowest BCUT2D eigenvalue weighted by molar-refractivity contribution is -0.116. The molecule has 204 valence electrons. The first kappa shape index (κ1) is 26.9. The number of thiocarbonyl (C=S) groups is 1. The summed E-state index contributed by atoms with van der Waals surface area (Å²) in [5.74, 6) is 0.0527. The molecule has 3 heterocycles. The van der Waals surface area contributed by atoms with Crippen molar-refractivity contribution in [3.63, 3.8) is 0 Å². The number of hydrogen-bond donors (Lipinski definition) is 2. The second-order valence-electron chi connectivity index (χ2n) is 9.16. The van der Waals surface area contributed by atoms with Crippen LogP contribution in [0.5, 0.6) is 5.75 Å². The van der Waals surface area contributed by atoms with Gasteiger partial charge in [0.1, 0.15) is 5.75 Å². The molecule has 0 unspecified atom stereocenters. The molecule has 0 bridgehead atoms. The third-order valence-electron chi connectivity index (χ3n) is 6.81. The summed E-state index contributed by atoms with van der Waals surface area (Å²) in [5, 5.41) is 6.91. The van der Waals surface area contributed by atoms with Crippen LogP contribution in [0.3, 0.4) is 0 Å². The number of rotatable bonds is 9. The topological polar surface area (TPSA) is 97.7 Å². The maximum Gasteiger partial charge on any atom is 0.337 e. The first-order valence-corrected chi connectivity index (χ1v) is 13.2. The van der Waals surface area contributed by atoms with Crippen LogP contribution in [0.2, 0.25) is 0 Å². The second kappa shape index (κ2) is 12.0. The zero-order valence-corrected chi connectivity index (χ0v) is 22.9. The molecule has 2 aromatic heterocycles. The maximum absolute atomic E-state index is 13.0. The molecule has 1 aliphatic rings. The Morgan fingerprint density at radius 3 is 2.50 bits per heavy atom. The minimum Gasteiger partial charge on any atom is -0.495 e.